The van der Waals surface area contributed by atoms with Gasteiger partial charge >= 0.3 is 6.03 Å². The molecule has 0 heterocycles. The minimum atomic E-state index is -0.328. The summed E-state index contributed by atoms with van der Waals surface area (Å²) in [4.78, 5) is 12.0. The zero-order valence-electron chi connectivity index (χ0n) is 11.8. The lowest BCUT2D eigenvalue weighted by molar-refractivity contribution is 0.262. The summed E-state index contributed by atoms with van der Waals surface area (Å²) < 4.78 is 0. The molecule has 0 unspecified atom stereocenters. The quantitative estimate of drug-likeness (QED) is 0.773. The molecule has 0 aliphatic rings. The maximum atomic E-state index is 12.0. The second-order valence-corrected chi connectivity index (χ2v) is 4.90. The molecule has 2 amide bonds. The Bertz CT molecular complexity index is 628. The van der Waals surface area contributed by atoms with Gasteiger partial charge < -0.3 is 15.7 Å². The number of hydrogen-bond donors (Lipinski definition) is 3. The van der Waals surface area contributed by atoms with Gasteiger partial charge in [-0.3, -0.25) is 0 Å². The Balaban J connectivity index is 2.13. The van der Waals surface area contributed by atoms with Gasteiger partial charge in [0.2, 0.25) is 0 Å². The van der Waals surface area contributed by atoms with E-state index < -0.39 is 0 Å². The first-order valence-corrected chi connectivity index (χ1v) is 6.40. The van der Waals surface area contributed by atoms with Gasteiger partial charge in [0.1, 0.15) is 5.75 Å². The lowest BCUT2D eigenvalue weighted by atomic mass is 10.1. The summed E-state index contributed by atoms with van der Waals surface area (Å²) in [5.41, 5.74) is 4.57. The molecule has 4 heteroatoms. The Kier molecular flexibility index (Phi) is 3.94. The summed E-state index contributed by atoms with van der Waals surface area (Å²) in [5, 5.41) is 14.9. The lowest BCUT2D eigenvalue weighted by Gasteiger charge is -2.13. The number of carbonyl (C=O) groups excluding carboxylic acids is 1. The summed E-state index contributed by atoms with van der Waals surface area (Å²) in [5.74, 6) is 0.116. The highest BCUT2D eigenvalue weighted by Gasteiger charge is 2.08. The summed E-state index contributed by atoms with van der Waals surface area (Å²) in [6.45, 7) is 5.95. The van der Waals surface area contributed by atoms with Crippen LogP contribution in [0.15, 0.2) is 36.4 Å². The van der Waals surface area contributed by atoms with E-state index >= 15 is 0 Å². The van der Waals surface area contributed by atoms with E-state index in [1.807, 2.05) is 32.9 Å². The van der Waals surface area contributed by atoms with Crippen LogP contribution in [0.4, 0.5) is 16.2 Å². The number of amides is 2. The van der Waals surface area contributed by atoms with Crippen LogP contribution < -0.4 is 10.6 Å². The van der Waals surface area contributed by atoms with Crippen LogP contribution in [0.25, 0.3) is 0 Å². The molecule has 2 aromatic carbocycles. The fourth-order valence-electron chi connectivity index (χ4n) is 2.24. The van der Waals surface area contributed by atoms with Crippen molar-refractivity contribution in [2.45, 2.75) is 20.8 Å². The molecule has 2 rings (SSSR count). The number of carbonyl (C=O) groups is 1. The average Bonchev–Trinajstić information content (AvgIpc) is 2.33. The molecule has 4 nitrogen and oxygen atoms in total. The molecule has 0 fully saturated rings. The largest absolute Gasteiger partial charge is 0.508 e. The number of nitrogens with one attached hydrogen (secondary N) is 2. The van der Waals surface area contributed by atoms with Crippen LogP contribution in [0.3, 0.4) is 0 Å². The molecular formula is C16H18N2O2. The van der Waals surface area contributed by atoms with Crippen LogP contribution in [0, 0.1) is 20.8 Å². The molecule has 0 bridgehead atoms. The number of urea groups is 1. The van der Waals surface area contributed by atoms with E-state index in [1.54, 1.807) is 18.2 Å². The summed E-state index contributed by atoms with van der Waals surface area (Å²) >= 11 is 0. The van der Waals surface area contributed by atoms with Crippen LogP contribution in [0.1, 0.15) is 16.7 Å². The van der Waals surface area contributed by atoms with Crippen molar-refractivity contribution in [1.29, 1.82) is 0 Å². The molecule has 0 saturated heterocycles. The summed E-state index contributed by atoms with van der Waals surface area (Å²) in [6, 6.07) is 10.2. The van der Waals surface area contributed by atoms with E-state index in [0.717, 1.165) is 16.8 Å². The maximum absolute atomic E-state index is 12.0. The van der Waals surface area contributed by atoms with Crippen LogP contribution in [-0.2, 0) is 0 Å². The van der Waals surface area contributed by atoms with Crippen LogP contribution in [0.2, 0.25) is 0 Å². The molecule has 0 saturated carbocycles. The monoisotopic (exact) mass is 270 g/mol. The maximum Gasteiger partial charge on any atom is 0.323 e. The van der Waals surface area contributed by atoms with Crippen molar-refractivity contribution in [2.75, 3.05) is 10.6 Å². The normalized spacial score (nSPS) is 10.2. The predicted octanol–water partition coefficient (Wildman–Crippen LogP) is 3.96. The first-order valence-electron chi connectivity index (χ1n) is 6.40. The second kappa shape index (κ2) is 5.65. The van der Waals surface area contributed by atoms with Gasteiger partial charge in [0, 0.05) is 17.4 Å². The molecular weight excluding hydrogens is 252 g/mol. The van der Waals surface area contributed by atoms with Gasteiger partial charge in [-0.1, -0.05) is 23.8 Å². The highest BCUT2D eigenvalue weighted by Crippen LogP contribution is 2.22. The molecule has 104 valence electrons. The number of aromatic hydroxyl groups is 1. The number of anilines is 2. The van der Waals surface area contributed by atoms with Gasteiger partial charge in [0.05, 0.1) is 0 Å². The van der Waals surface area contributed by atoms with E-state index in [2.05, 4.69) is 10.6 Å². The SMILES string of the molecule is Cc1cc(C)c(NC(=O)Nc2cccc(O)c2)c(C)c1. The van der Waals surface area contributed by atoms with E-state index in [4.69, 9.17) is 0 Å². The number of aryl methyl sites for hydroxylation is 3. The van der Waals surface area contributed by atoms with Crippen LogP contribution >= 0.6 is 0 Å². The van der Waals surface area contributed by atoms with E-state index in [0.29, 0.717) is 5.69 Å². The number of rotatable bonds is 2. The smallest absolute Gasteiger partial charge is 0.323 e. The third kappa shape index (κ3) is 3.29. The topological polar surface area (TPSA) is 61.4 Å². The van der Waals surface area contributed by atoms with Crippen molar-refractivity contribution in [3.8, 4) is 5.75 Å². The molecule has 0 aliphatic heterocycles. The Morgan fingerprint density at radius 3 is 2.25 bits per heavy atom. The fraction of sp³-hybridized carbons (Fsp3) is 0.188. The van der Waals surface area contributed by atoms with Crippen molar-refractivity contribution < 1.29 is 9.90 Å². The minimum Gasteiger partial charge on any atom is -0.508 e. The number of benzene rings is 2. The molecule has 0 aliphatic carbocycles. The number of hydrogen-bond acceptors (Lipinski definition) is 2. The fourth-order valence-corrected chi connectivity index (χ4v) is 2.24. The van der Waals surface area contributed by atoms with Crippen LogP contribution in [0.5, 0.6) is 5.75 Å². The second-order valence-electron chi connectivity index (χ2n) is 4.90. The van der Waals surface area contributed by atoms with Gasteiger partial charge in [-0.15, -0.1) is 0 Å². The highest BCUT2D eigenvalue weighted by molar-refractivity contribution is 6.00. The van der Waals surface area contributed by atoms with E-state index in [-0.39, 0.29) is 11.8 Å². The summed E-state index contributed by atoms with van der Waals surface area (Å²) in [7, 11) is 0. The number of phenolic OH excluding ortho intramolecular Hbond substituents is 1. The first-order chi connectivity index (χ1) is 9.45. The van der Waals surface area contributed by atoms with Crippen molar-refractivity contribution >= 4 is 17.4 Å². The van der Waals surface area contributed by atoms with Crippen molar-refractivity contribution in [2.24, 2.45) is 0 Å². The Morgan fingerprint density at radius 2 is 1.65 bits per heavy atom. The molecule has 2 aromatic rings. The predicted molar refractivity (Wildman–Crippen MR) is 81.4 cm³/mol. The molecule has 0 radical (unpaired) electrons. The Hall–Kier alpha value is -2.49. The molecule has 0 atom stereocenters. The van der Waals surface area contributed by atoms with E-state index in [9.17, 15) is 9.90 Å². The average molecular weight is 270 g/mol. The van der Waals surface area contributed by atoms with Crippen molar-refractivity contribution in [3.63, 3.8) is 0 Å². The third-order valence-corrected chi connectivity index (χ3v) is 3.02. The molecule has 3 N–H and O–H groups in total. The van der Waals surface area contributed by atoms with Gasteiger partial charge in [0.25, 0.3) is 0 Å². The first kappa shape index (κ1) is 13.9. The highest BCUT2D eigenvalue weighted by atomic mass is 16.3. The number of phenols is 1. The molecule has 0 aromatic heterocycles. The zero-order valence-corrected chi connectivity index (χ0v) is 11.8. The van der Waals surface area contributed by atoms with Crippen molar-refractivity contribution in [1.82, 2.24) is 0 Å². The lowest BCUT2D eigenvalue weighted by Crippen LogP contribution is -2.20. The van der Waals surface area contributed by atoms with Gasteiger partial charge in [-0.2, -0.15) is 0 Å². The Labute approximate surface area is 118 Å². The van der Waals surface area contributed by atoms with Crippen molar-refractivity contribution in [3.05, 3.63) is 53.1 Å². The molecule has 0 spiro atoms. The summed E-state index contributed by atoms with van der Waals surface area (Å²) in [6.07, 6.45) is 0. The van der Waals surface area contributed by atoms with Crippen LogP contribution in [-0.4, -0.2) is 11.1 Å². The zero-order chi connectivity index (χ0) is 14.7. The standard InChI is InChI=1S/C16H18N2O2/c1-10-7-11(2)15(12(3)8-10)18-16(20)17-13-5-4-6-14(19)9-13/h4-9,19H,1-3H3,(H2,17,18,20). The molecule has 20 heavy (non-hydrogen) atoms. The minimum absolute atomic E-state index is 0.116. The van der Waals surface area contributed by atoms with Gasteiger partial charge in [-0.25, -0.2) is 4.79 Å². The third-order valence-electron chi connectivity index (χ3n) is 3.02. The van der Waals surface area contributed by atoms with E-state index in [1.165, 1.54) is 11.6 Å². The van der Waals surface area contributed by atoms with Gasteiger partial charge in [-0.05, 0) is 44.0 Å². The van der Waals surface area contributed by atoms with Gasteiger partial charge in [0.15, 0.2) is 0 Å². The Morgan fingerprint density at radius 1 is 1.00 bits per heavy atom.